The number of amides is 1. The van der Waals surface area contributed by atoms with Crippen LogP contribution in [-0.2, 0) is 6.42 Å². The van der Waals surface area contributed by atoms with Gasteiger partial charge in [-0.15, -0.1) is 11.3 Å². The number of nitro groups is 1. The lowest BCUT2D eigenvalue weighted by atomic mass is 9.94. The number of aryl methyl sites for hydroxylation is 1. The molecule has 2 aromatic heterocycles. The Morgan fingerprint density at radius 3 is 2.89 bits per heavy atom. The van der Waals surface area contributed by atoms with E-state index in [1.165, 1.54) is 18.2 Å². The summed E-state index contributed by atoms with van der Waals surface area (Å²) in [5.74, 6) is -0.431. The number of benzene rings is 1. The Kier molecular flexibility index (Phi) is 4.08. The maximum atomic E-state index is 12.6. The Balaban J connectivity index is 1.70. The van der Waals surface area contributed by atoms with Gasteiger partial charge in [-0.3, -0.25) is 19.7 Å². The molecule has 0 atom stereocenters. The van der Waals surface area contributed by atoms with Gasteiger partial charge in [0.25, 0.3) is 11.6 Å². The molecule has 0 spiro atoms. The van der Waals surface area contributed by atoms with Gasteiger partial charge in [-0.05, 0) is 25.0 Å². The molecule has 0 aliphatic heterocycles. The molecule has 4 rings (SSSR count). The lowest BCUT2D eigenvalue weighted by molar-refractivity contribution is -0.384. The van der Waals surface area contributed by atoms with Gasteiger partial charge in [0.1, 0.15) is 9.71 Å². The van der Waals surface area contributed by atoms with Crippen LogP contribution in [0.15, 0.2) is 30.3 Å². The van der Waals surface area contributed by atoms with Gasteiger partial charge in [0.05, 0.1) is 16.3 Å². The fraction of sp³-hybridized carbons (Fsp3) is 0.167. The number of carbonyl (C=O) groups is 2. The Hall–Kier alpha value is -3.33. The molecule has 0 radical (unpaired) electrons. The molecule has 0 bridgehead atoms. The average molecular weight is 382 g/mol. The average Bonchev–Trinajstić information content (AvgIpc) is 2.97. The summed E-state index contributed by atoms with van der Waals surface area (Å²) in [7, 11) is 0. The first kappa shape index (κ1) is 17.1. The van der Waals surface area contributed by atoms with Crippen molar-refractivity contribution in [2.45, 2.75) is 19.3 Å². The maximum Gasteiger partial charge on any atom is 0.271 e. The number of aromatic nitrogens is 1. The Bertz CT molecular complexity index is 1120. The molecule has 0 unspecified atom stereocenters. The van der Waals surface area contributed by atoms with Crippen LogP contribution in [-0.4, -0.2) is 21.6 Å². The summed E-state index contributed by atoms with van der Waals surface area (Å²) in [6, 6.07) is 7.38. The SMILES string of the molecule is Nc1c(C(=O)Nc2cccc([N+](=O)[O-])c2)sc2nc3c(cc12)C(=O)CCC3. The van der Waals surface area contributed by atoms with E-state index in [2.05, 4.69) is 10.3 Å². The monoisotopic (exact) mass is 382 g/mol. The number of fused-ring (bicyclic) bond motifs is 2. The Morgan fingerprint density at radius 2 is 2.11 bits per heavy atom. The van der Waals surface area contributed by atoms with Crippen molar-refractivity contribution in [3.8, 4) is 0 Å². The quantitative estimate of drug-likeness (QED) is 0.526. The fourth-order valence-corrected chi connectivity index (χ4v) is 4.11. The number of nitrogens with one attached hydrogen (secondary N) is 1. The van der Waals surface area contributed by atoms with Crippen molar-refractivity contribution in [1.29, 1.82) is 0 Å². The van der Waals surface area contributed by atoms with Crippen molar-refractivity contribution >= 4 is 50.3 Å². The smallest absolute Gasteiger partial charge is 0.271 e. The summed E-state index contributed by atoms with van der Waals surface area (Å²) in [5, 5.41) is 14.1. The van der Waals surface area contributed by atoms with Crippen LogP contribution in [0.4, 0.5) is 17.1 Å². The van der Waals surface area contributed by atoms with Crippen LogP contribution in [0, 0.1) is 10.1 Å². The highest BCUT2D eigenvalue weighted by atomic mass is 32.1. The third kappa shape index (κ3) is 3.02. The predicted molar refractivity (Wildman–Crippen MR) is 102 cm³/mol. The van der Waals surface area contributed by atoms with Crippen LogP contribution in [0.2, 0.25) is 0 Å². The maximum absolute atomic E-state index is 12.6. The van der Waals surface area contributed by atoms with Crippen LogP contribution < -0.4 is 11.1 Å². The molecule has 2 heterocycles. The second-order valence-corrected chi connectivity index (χ2v) is 7.22. The van der Waals surface area contributed by atoms with E-state index in [0.29, 0.717) is 27.9 Å². The number of hydrogen-bond acceptors (Lipinski definition) is 7. The van der Waals surface area contributed by atoms with E-state index >= 15 is 0 Å². The van der Waals surface area contributed by atoms with Crippen molar-refractivity contribution in [3.63, 3.8) is 0 Å². The number of pyridine rings is 1. The summed E-state index contributed by atoms with van der Waals surface area (Å²) in [4.78, 5) is 40.5. The molecule has 0 fully saturated rings. The topological polar surface area (TPSA) is 128 Å². The fourth-order valence-electron chi connectivity index (χ4n) is 3.11. The Labute approximate surface area is 157 Å². The molecule has 3 N–H and O–H groups in total. The van der Waals surface area contributed by atoms with E-state index in [0.717, 1.165) is 29.9 Å². The van der Waals surface area contributed by atoms with Crippen molar-refractivity contribution < 1.29 is 14.5 Å². The number of nitrogens with zero attached hydrogens (tertiary/aromatic N) is 2. The minimum absolute atomic E-state index is 0.0406. The number of nitrogens with two attached hydrogens (primary N) is 1. The molecule has 9 heteroatoms. The van der Waals surface area contributed by atoms with Crippen molar-refractivity contribution in [2.24, 2.45) is 0 Å². The molecular weight excluding hydrogens is 368 g/mol. The van der Waals surface area contributed by atoms with Crippen LogP contribution in [0.5, 0.6) is 0 Å². The first-order chi connectivity index (χ1) is 12.9. The molecule has 3 aromatic rings. The minimum Gasteiger partial charge on any atom is -0.397 e. The van der Waals surface area contributed by atoms with Crippen molar-refractivity contribution in [1.82, 2.24) is 4.98 Å². The number of anilines is 2. The zero-order valence-electron chi connectivity index (χ0n) is 14.0. The lowest BCUT2D eigenvalue weighted by Crippen LogP contribution is -2.12. The molecule has 0 saturated heterocycles. The van der Waals surface area contributed by atoms with Gasteiger partial charge in [0.15, 0.2) is 5.78 Å². The number of rotatable bonds is 3. The van der Waals surface area contributed by atoms with Gasteiger partial charge in [-0.1, -0.05) is 6.07 Å². The first-order valence-electron chi connectivity index (χ1n) is 8.25. The number of ketones is 1. The van der Waals surface area contributed by atoms with Gasteiger partial charge in [-0.2, -0.15) is 0 Å². The molecule has 1 aliphatic rings. The zero-order chi connectivity index (χ0) is 19.1. The van der Waals surface area contributed by atoms with E-state index in [1.54, 1.807) is 12.1 Å². The number of Topliss-reactive ketones (excluding diaryl/α,β-unsaturated/α-hetero) is 1. The second-order valence-electron chi connectivity index (χ2n) is 6.22. The number of nitrogen functional groups attached to an aromatic ring is 1. The van der Waals surface area contributed by atoms with E-state index in [4.69, 9.17) is 5.73 Å². The molecule has 1 amide bonds. The summed E-state index contributed by atoms with van der Waals surface area (Å²) in [6.45, 7) is 0. The van der Waals surface area contributed by atoms with Crippen LogP contribution in [0.3, 0.4) is 0 Å². The molecule has 1 aliphatic carbocycles. The minimum atomic E-state index is -0.533. The van der Waals surface area contributed by atoms with E-state index < -0.39 is 10.8 Å². The van der Waals surface area contributed by atoms with E-state index in [1.807, 2.05) is 0 Å². The van der Waals surface area contributed by atoms with Crippen molar-refractivity contribution in [3.05, 3.63) is 56.6 Å². The van der Waals surface area contributed by atoms with Crippen LogP contribution in [0.1, 0.15) is 38.6 Å². The summed E-state index contributed by atoms with van der Waals surface area (Å²) in [5.41, 5.74) is 7.89. The predicted octanol–water partition coefficient (Wildman–Crippen LogP) is 3.56. The second kappa shape index (κ2) is 6.44. The normalized spacial score (nSPS) is 13.4. The van der Waals surface area contributed by atoms with Crippen molar-refractivity contribution in [2.75, 3.05) is 11.1 Å². The third-order valence-electron chi connectivity index (χ3n) is 4.44. The summed E-state index contributed by atoms with van der Waals surface area (Å²) < 4.78 is 0. The molecule has 0 saturated carbocycles. The van der Waals surface area contributed by atoms with Gasteiger partial charge in [0, 0.05) is 35.2 Å². The highest BCUT2D eigenvalue weighted by Crippen LogP contribution is 2.36. The molecule has 1 aromatic carbocycles. The van der Waals surface area contributed by atoms with Gasteiger partial charge in [-0.25, -0.2) is 4.98 Å². The summed E-state index contributed by atoms with van der Waals surface area (Å²) >= 11 is 1.14. The van der Waals surface area contributed by atoms with Gasteiger partial charge < -0.3 is 11.1 Å². The Morgan fingerprint density at radius 1 is 1.30 bits per heavy atom. The van der Waals surface area contributed by atoms with Gasteiger partial charge in [0.2, 0.25) is 0 Å². The number of non-ortho nitro benzene ring substituents is 1. The van der Waals surface area contributed by atoms with E-state index in [-0.39, 0.29) is 22.0 Å². The number of thiophene rings is 1. The third-order valence-corrected chi connectivity index (χ3v) is 5.55. The van der Waals surface area contributed by atoms with Crippen LogP contribution >= 0.6 is 11.3 Å². The van der Waals surface area contributed by atoms with Crippen LogP contribution in [0.25, 0.3) is 10.2 Å². The first-order valence-corrected chi connectivity index (χ1v) is 9.06. The highest BCUT2D eigenvalue weighted by molar-refractivity contribution is 7.21. The van der Waals surface area contributed by atoms with E-state index in [9.17, 15) is 19.7 Å². The largest absolute Gasteiger partial charge is 0.397 e. The number of hydrogen-bond donors (Lipinski definition) is 2. The highest BCUT2D eigenvalue weighted by Gasteiger charge is 2.23. The molecule has 27 heavy (non-hydrogen) atoms. The number of nitro benzene ring substituents is 1. The molecule has 8 nitrogen and oxygen atoms in total. The molecule has 136 valence electrons. The zero-order valence-corrected chi connectivity index (χ0v) is 14.8. The lowest BCUT2D eigenvalue weighted by Gasteiger charge is -2.13. The summed E-state index contributed by atoms with van der Waals surface area (Å²) in [6.07, 6.45) is 1.99. The standard InChI is InChI=1S/C18H14N4O4S/c19-15-12-8-11-13(5-2-6-14(11)23)21-18(12)27-16(15)17(24)20-9-3-1-4-10(7-9)22(25)26/h1,3-4,7-8H,2,5-6,19H2,(H,20,24). The number of carbonyl (C=O) groups excluding carboxylic acids is 2. The molecular formula is C18H14N4O4S. The van der Waals surface area contributed by atoms with Gasteiger partial charge >= 0.3 is 0 Å².